The summed E-state index contributed by atoms with van der Waals surface area (Å²) in [6.45, 7) is 14.2. The monoisotopic (exact) mass is 242 g/mol. The minimum Gasteiger partial charge on any atom is -0.0628 e. The SMILES string of the molecule is CC(C)CC[SiH](CCC(C)C)CCC(C)C. The number of rotatable bonds is 9. The molecular formula is C15H34Si. The molecule has 0 heterocycles. The Kier molecular flexibility index (Phi) is 9.39. The van der Waals surface area contributed by atoms with Gasteiger partial charge < -0.3 is 0 Å². The predicted octanol–water partition coefficient (Wildman–Crippen LogP) is 5.35. The van der Waals surface area contributed by atoms with E-state index in [4.69, 9.17) is 0 Å². The fourth-order valence-corrected chi connectivity index (χ4v) is 6.42. The molecule has 0 amide bonds. The Bertz CT molecular complexity index is 121. The summed E-state index contributed by atoms with van der Waals surface area (Å²) in [5, 5.41) is 0. The van der Waals surface area contributed by atoms with Crippen LogP contribution in [0.2, 0.25) is 18.1 Å². The van der Waals surface area contributed by atoms with E-state index in [1.807, 2.05) is 0 Å². The maximum atomic E-state index is 2.37. The van der Waals surface area contributed by atoms with Gasteiger partial charge in [0.1, 0.15) is 0 Å². The van der Waals surface area contributed by atoms with Crippen LogP contribution in [0.3, 0.4) is 0 Å². The first-order valence-electron chi connectivity index (χ1n) is 7.41. The molecule has 0 aromatic rings. The molecule has 0 saturated carbocycles. The minimum absolute atomic E-state index is 0.402. The lowest BCUT2D eigenvalue weighted by molar-refractivity contribution is 0.592. The summed E-state index contributed by atoms with van der Waals surface area (Å²) < 4.78 is 0. The smallest absolute Gasteiger partial charge is 0.0368 e. The molecule has 0 N–H and O–H groups in total. The summed E-state index contributed by atoms with van der Waals surface area (Å²) >= 11 is 0. The Hall–Kier alpha value is 0.217. The number of hydrogen-bond acceptors (Lipinski definition) is 0. The van der Waals surface area contributed by atoms with Crippen LogP contribution in [0.25, 0.3) is 0 Å². The van der Waals surface area contributed by atoms with Gasteiger partial charge >= 0.3 is 0 Å². The van der Waals surface area contributed by atoms with Crippen molar-refractivity contribution in [2.45, 2.75) is 78.9 Å². The Labute approximate surface area is 106 Å². The maximum Gasteiger partial charge on any atom is 0.0368 e. The highest BCUT2D eigenvalue weighted by molar-refractivity contribution is 6.58. The summed E-state index contributed by atoms with van der Waals surface area (Å²) in [6.07, 6.45) is 4.44. The van der Waals surface area contributed by atoms with Crippen molar-refractivity contribution in [3.05, 3.63) is 0 Å². The van der Waals surface area contributed by atoms with Gasteiger partial charge in [-0.15, -0.1) is 0 Å². The van der Waals surface area contributed by atoms with E-state index in [1.165, 1.54) is 19.3 Å². The molecule has 0 aliphatic heterocycles. The van der Waals surface area contributed by atoms with E-state index in [9.17, 15) is 0 Å². The summed E-state index contributed by atoms with van der Waals surface area (Å²) in [4.78, 5) is 0. The Morgan fingerprint density at radius 3 is 1.00 bits per heavy atom. The van der Waals surface area contributed by atoms with Gasteiger partial charge in [-0.25, -0.2) is 0 Å². The highest BCUT2D eigenvalue weighted by Crippen LogP contribution is 2.20. The standard InChI is InChI=1S/C15H34Si/c1-13(2)7-10-16(11-8-14(3)4)12-9-15(5)6/h13-16H,7-12H2,1-6H3. The topological polar surface area (TPSA) is 0 Å². The zero-order valence-corrected chi connectivity index (χ0v) is 13.7. The second-order valence-corrected chi connectivity index (χ2v) is 10.2. The third kappa shape index (κ3) is 10.7. The van der Waals surface area contributed by atoms with Crippen molar-refractivity contribution in [2.24, 2.45) is 17.8 Å². The largest absolute Gasteiger partial charge is 0.0628 e. The molecule has 0 rings (SSSR count). The van der Waals surface area contributed by atoms with Gasteiger partial charge in [-0.2, -0.15) is 0 Å². The molecule has 0 aromatic carbocycles. The predicted molar refractivity (Wildman–Crippen MR) is 79.9 cm³/mol. The Morgan fingerprint density at radius 1 is 0.562 bits per heavy atom. The molecule has 98 valence electrons. The normalized spacial score (nSPS) is 12.4. The second-order valence-electron chi connectivity index (χ2n) is 6.78. The van der Waals surface area contributed by atoms with Gasteiger partial charge in [-0.3, -0.25) is 0 Å². The molecule has 0 bridgehead atoms. The first-order chi connectivity index (χ1) is 7.41. The quantitative estimate of drug-likeness (QED) is 0.478. The van der Waals surface area contributed by atoms with Crippen LogP contribution < -0.4 is 0 Å². The lowest BCUT2D eigenvalue weighted by atomic mass is 10.2. The van der Waals surface area contributed by atoms with Gasteiger partial charge in [0, 0.05) is 8.80 Å². The van der Waals surface area contributed by atoms with E-state index in [2.05, 4.69) is 41.5 Å². The third-order valence-electron chi connectivity index (χ3n) is 3.46. The fourth-order valence-electron chi connectivity index (χ4n) is 2.14. The highest BCUT2D eigenvalue weighted by atomic mass is 28.3. The van der Waals surface area contributed by atoms with Crippen LogP contribution in [0.15, 0.2) is 0 Å². The third-order valence-corrected chi connectivity index (χ3v) is 6.91. The molecule has 0 saturated heterocycles. The Balaban J connectivity index is 3.85. The van der Waals surface area contributed by atoms with Crippen LogP contribution in [0.1, 0.15) is 60.8 Å². The summed E-state index contributed by atoms with van der Waals surface area (Å²) in [6, 6.07) is 4.78. The van der Waals surface area contributed by atoms with Crippen molar-refractivity contribution < 1.29 is 0 Å². The molecule has 0 nitrogen and oxygen atoms in total. The molecular weight excluding hydrogens is 208 g/mol. The first kappa shape index (κ1) is 16.2. The van der Waals surface area contributed by atoms with Gasteiger partial charge in [-0.1, -0.05) is 78.9 Å². The molecule has 0 unspecified atom stereocenters. The average Bonchev–Trinajstić information content (AvgIpc) is 2.15. The highest BCUT2D eigenvalue weighted by Gasteiger charge is 2.12. The van der Waals surface area contributed by atoms with E-state index in [0.29, 0.717) is 0 Å². The fraction of sp³-hybridized carbons (Fsp3) is 1.00. The molecule has 0 radical (unpaired) electrons. The Morgan fingerprint density at radius 2 is 0.812 bits per heavy atom. The summed E-state index contributed by atoms with van der Waals surface area (Å²) in [5.41, 5.74) is 0. The van der Waals surface area contributed by atoms with E-state index in [-0.39, 0.29) is 0 Å². The molecule has 0 spiro atoms. The van der Waals surface area contributed by atoms with Crippen molar-refractivity contribution in [1.82, 2.24) is 0 Å². The maximum absolute atomic E-state index is 2.37. The zero-order chi connectivity index (χ0) is 12.6. The molecule has 16 heavy (non-hydrogen) atoms. The zero-order valence-electron chi connectivity index (χ0n) is 12.6. The van der Waals surface area contributed by atoms with Crippen LogP contribution in [0.4, 0.5) is 0 Å². The van der Waals surface area contributed by atoms with Crippen LogP contribution in [0.5, 0.6) is 0 Å². The molecule has 0 aliphatic rings. The molecule has 0 fully saturated rings. The van der Waals surface area contributed by atoms with Crippen LogP contribution in [-0.4, -0.2) is 8.80 Å². The van der Waals surface area contributed by atoms with Gasteiger partial charge in [0.15, 0.2) is 0 Å². The van der Waals surface area contributed by atoms with Crippen LogP contribution in [0, 0.1) is 17.8 Å². The molecule has 0 atom stereocenters. The van der Waals surface area contributed by atoms with Crippen molar-refractivity contribution in [3.63, 3.8) is 0 Å². The van der Waals surface area contributed by atoms with Crippen LogP contribution >= 0.6 is 0 Å². The van der Waals surface area contributed by atoms with Crippen molar-refractivity contribution in [2.75, 3.05) is 0 Å². The van der Waals surface area contributed by atoms with E-state index in [1.54, 1.807) is 18.1 Å². The summed E-state index contributed by atoms with van der Waals surface area (Å²) in [5.74, 6) is 2.73. The lowest BCUT2D eigenvalue weighted by Crippen LogP contribution is -2.15. The second kappa shape index (κ2) is 9.27. The van der Waals surface area contributed by atoms with E-state index >= 15 is 0 Å². The van der Waals surface area contributed by atoms with Gasteiger partial charge in [0.2, 0.25) is 0 Å². The van der Waals surface area contributed by atoms with Gasteiger partial charge in [0.25, 0.3) is 0 Å². The van der Waals surface area contributed by atoms with Crippen molar-refractivity contribution >= 4 is 8.80 Å². The first-order valence-corrected chi connectivity index (χ1v) is 9.86. The van der Waals surface area contributed by atoms with E-state index < -0.39 is 8.80 Å². The minimum atomic E-state index is -0.402. The van der Waals surface area contributed by atoms with Crippen molar-refractivity contribution in [3.8, 4) is 0 Å². The average molecular weight is 243 g/mol. The molecule has 0 aromatic heterocycles. The molecule has 1 heteroatoms. The van der Waals surface area contributed by atoms with Crippen LogP contribution in [-0.2, 0) is 0 Å². The number of hydrogen-bond donors (Lipinski definition) is 0. The summed E-state index contributed by atoms with van der Waals surface area (Å²) in [7, 11) is -0.402. The molecule has 0 aliphatic carbocycles. The lowest BCUT2D eigenvalue weighted by Gasteiger charge is -2.18. The van der Waals surface area contributed by atoms with Gasteiger partial charge in [0.05, 0.1) is 0 Å². The van der Waals surface area contributed by atoms with Crippen molar-refractivity contribution in [1.29, 1.82) is 0 Å². The van der Waals surface area contributed by atoms with E-state index in [0.717, 1.165) is 17.8 Å². The van der Waals surface area contributed by atoms with Gasteiger partial charge in [-0.05, 0) is 17.8 Å².